The summed E-state index contributed by atoms with van der Waals surface area (Å²) in [6.07, 6.45) is 1.27. The van der Waals surface area contributed by atoms with E-state index in [2.05, 4.69) is 15.1 Å². The topological polar surface area (TPSA) is 83.3 Å². The highest BCUT2D eigenvalue weighted by Crippen LogP contribution is 2.27. The Morgan fingerprint density at radius 3 is 2.65 bits per heavy atom. The minimum atomic E-state index is -0.387. The van der Waals surface area contributed by atoms with Gasteiger partial charge < -0.3 is 5.11 Å². The fourth-order valence-corrected chi connectivity index (χ4v) is 1.95. The number of aryl methyl sites for hydroxylation is 1. The Morgan fingerprint density at radius 1 is 1.25 bits per heavy atom. The summed E-state index contributed by atoms with van der Waals surface area (Å²) < 4.78 is 1.20. The van der Waals surface area contributed by atoms with Crippen LogP contribution in [0.15, 0.2) is 35.4 Å². The van der Waals surface area contributed by atoms with Crippen LogP contribution in [0.5, 0.6) is 5.88 Å². The number of aromatic amines is 1. The van der Waals surface area contributed by atoms with Crippen molar-refractivity contribution in [3.05, 3.63) is 46.5 Å². The molecule has 0 saturated carbocycles. The molecule has 0 aliphatic rings. The highest BCUT2D eigenvalue weighted by Gasteiger charge is 2.16. The molecule has 0 aliphatic carbocycles. The zero-order valence-corrected chi connectivity index (χ0v) is 11.6. The van der Waals surface area contributed by atoms with Crippen LogP contribution >= 0.6 is 0 Å². The molecule has 0 unspecified atom stereocenters. The van der Waals surface area contributed by atoms with Crippen LogP contribution in [0, 0.1) is 6.92 Å². The lowest BCUT2D eigenvalue weighted by Crippen LogP contribution is -2.13. The highest BCUT2D eigenvalue weighted by atomic mass is 16.3. The van der Waals surface area contributed by atoms with E-state index < -0.39 is 0 Å². The fraction of sp³-hybridized carbons (Fsp3) is 0.214. The standard InChI is InChI=1S/C12H10N4O2.C2H6/c1-7-4-2-3-5-8(7)9-10(17)15-12-13-6-14-16(12)11(9)18;1-2/h2-6,18H,1H3,(H,13,14,15,17);1-2H3. The zero-order valence-electron chi connectivity index (χ0n) is 11.6. The van der Waals surface area contributed by atoms with E-state index in [1.54, 1.807) is 6.07 Å². The van der Waals surface area contributed by atoms with E-state index in [4.69, 9.17) is 0 Å². The molecule has 3 aromatic rings. The van der Waals surface area contributed by atoms with Gasteiger partial charge in [0.2, 0.25) is 11.7 Å². The van der Waals surface area contributed by atoms with Gasteiger partial charge in [-0.1, -0.05) is 38.1 Å². The summed E-state index contributed by atoms with van der Waals surface area (Å²) >= 11 is 0. The van der Waals surface area contributed by atoms with Gasteiger partial charge in [0.05, 0.1) is 0 Å². The summed E-state index contributed by atoms with van der Waals surface area (Å²) in [7, 11) is 0. The number of fused-ring (bicyclic) bond motifs is 1. The van der Waals surface area contributed by atoms with Gasteiger partial charge in [0.25, 0.3) is 5.56 Å². The normalized spacial score (nSPS) is 10.2. The predicted molar refractivity (Wildman–Crippen MR) is 76.8 cm³/mol. The molecule has 6 nitrogen and oxygen atoms in total. The van der Waals surface area contributed by atoms with E-state index in [0.29, 0.717) is 5.56 Å². The van der Waals surface area contributed by atoms with Crippen molar-refractivity contribution in [2.24, 2.45) is 0 Å². The first-order valence-electron chi connectivity index (χ1n) is 6.39. The maximum Gasteiger partial charge on any atom is 0.264 e. The molecule has 3 rings (SSSR count). The third kappa shape index (κ3) is 2.16. The van der Waals surface area contributed by atoms with Crippen LogP contribution in [0.25, 0.3) is 16.9 Å². The molecule has 104 valence electrons. The molecular weight excluding hydrogens is 256 g/mol. The third-order valence-electron chi connectivity index (χ3n) is 2.84. The van der Waals surface area contributed by atoms with Gasteiger partial charge in [0.15, 0.2) is 0 Å². The van der Waals surface area contributed by atoms with Crippen LogP contribution in [0.3, 0.4) is 0 Å². The van der Waals surface area contributed by atoms with Crippen molar-refractivity contribution < 1.29 is 5.11 Å². The predicted octanol–water partition coefficient (Wildman–Crippen LogP) is 2.12. The first-order chi connectivity index (χ1) is 9.68. The smallest absolute Gasteiger partial charge is 0.264 e. The van der Waals surface area contributed by atoms with Crippen molar-refractivity contribution in [2.45, 2.75) is 20.8 Å². The largest absolute Gasteiger partial charge is 0.493 e. The Kier molecular flexibility index (Phi) is 3.84. The number of aromatic nitrogens is 4. The Labute approximate surface area is 115 Å². The van der Waals surface area contributed by atoms with E-state index in [1.165, 1.54) is 10.8 Å². The van der Waals surface area contributed by atoms with Gasteiger partial charge in [-0.05, 0) is 18.1 Å². The van der Waals surface area contributed by atoms with E-state index in [1.807, 2.05) is 39.0 Å². The van der Waals surface area contributed by atoms with Crippen molar-refractivity contribution >= 4 is 5.78 Å². The number of rotatable bonds is 1. The first kappa shape index (κ1) is 13.8. The average Bonchev–Trinajstić information content (AvgIpc) is 2.91. The Balaban J connectivity index is 0.000000704. The molecule has 2 N–H and O–H groups in total. The molecule has 0 radical (unpaired) electrons. The highest BCUT2D eigenvalue weighted by molar-refractivity contribution is 5.71. The van der Waals surface area contributed by atoms with Gasteiger partial charge in [-0.15, -0.1) is 0 Å². The van der Waals surface area contributed by atoms with Crippen LogP contribution < -0.4 is 5.56 Å². The second kappa shape index (κ2) is 5.56. The molecule has 0 saturated heterocycles. The van der Waals surface area contributed by atoms with Crippen molar-refractivity contribution in [1.82, 2.24) is 19.6 Å². The average molecular weight is 272 g/mol. The Morgan fingerprint density at radius 2 is 1.95 bits per heavy atom. The van der Waals surface area contributed by atoms with Gasteiger partial charge in [0, 0.05) is 0 Å². The van der Waals surface area contributed by atoms with Crippen LogP contribution in [0.4, 0.5) is 0 Å². The van der Waals surface area contributed by atoms with Gasteiger partial charge >= 0.3 is 0 Å². The molecule has 0 spiro atoms. The number of hydrogen-bond acceptors (Lipinski definition) is 4. The molecule has 20 heavy (non-hydrogen) atoms. The molecule has 0 fully saturated rings. The molecule has 0 atom stereocenters. The van der Waals surface area contributed by atoms with E-state index >= 15 is 0 Å². The minimum absolute atomic E-state index is 0.200. The van der Waals surface area contributed by atoms with Crippen molar-refractivity contribution in [1.29, 1.82) is 0 Å². The van der Waals surface area contributed by atoms with E-state index in [9.17, 15) is 9.90 Å². The third-order valence-corrected chi connectivity index (χ3v) is 2.84. The van der Waals surface area contributed by atoms with E-state index in [-0.39, 0.29) is 22.8 Å². The summed E-state index contributed by atoms with van der Waals surface area (Å²) in [5.74, 6) is 0.00961. The molecule has 6 heteroatoms. The van der Waals surface area contributed by atoms with Crippen molar-refractivity contribution in [2.75, 3.05) is 0 Å². The molecule has 0 bridgehead atoms. The molecule has 1 aromatic carbocycles. The maximum absolute atomic E-state index is 12.0. The Hall–Kier alpha value is -2.63. The number of nitrogens with one attached hydrogen (secondary N) is 1. The first-order valence-corrected chi connectivity index (χ1v) is 6.39. The quantitative estimate of drug-likeness (QED) is 0.710. The lowest BCUT2D eigenvalue weighted by Gasteiger charge is -2.07. The molecule has 0 amide bonds. The second-order valence-corrected chi connectivity index (χ2v) is 3.96. The lowest BCUT2D eigenvalue weighted by atomic mass is 10.0. The van der Waals surface area contributed by atoms with Crippen LogP contribution in [-0.2, 0) is 0 Å². The van der Waals surface area contributed by atoms with Crippen molar-refractivity contribution in [3.8, 4) is 17.0 Å². The number of nitrogens with zero attached hydrogens (tertiary/aromatic N) is 3. The number of hydrogen-bond donors (Lipinski definition) is 2. The molecule has 2 aromatic heterocycles. The number of benzene rings is 1. The molecular formula is C14H16N4O2. The zero-order chi connectivity index (χ0) is 14.7. The van der Waals surface area contributed by atoms with Crippen molar-refractivity contribution in [3.63, 3.8) is 0 Å². The number of H-pyrrole nitrogens is 1. The van der Waals surface area contributed by atoms with Gasteiger partial charge in [-0.25, -0.2) is 0 Å². The summed E-state index contributed by atoms with van der Waals surface area (Å²) in [5.41, 5.74) is 1.39. The summed E-state index contributed by atoms with van der Waals surface area (Å²) in [5, 5.41) is 14.0. The molecule has 2 heterocycles. The SMILES string of the molecule is CC.Cc1ccccc1-c1c(O)n2ncnc2[nH]c1=O. The number of aromatic hydroxyl groups is 1. The van der Waals surface area contributed by atoms with E-state index in [0.717, 1.165) is 5.56 Å². The monoisotopic (exact) mass is 272 g/mol. The lowest BCUT2D eigenvalue weighted by molar-refractivity contribution is 0.436. The minimum Gasteiger partial charge on any atom is -0.493 e. The van der Waals surface area contributed by atoms with Gasteiger partial charge in [-0.3, -0.25) is 9.78 Å². The van der Waals surface area contributed by atoms with Gasteiger partial charge in [0.1, 0.15) is 11.9 Å². The fourth-order valence-electron chi connectivity index (χ4n) is 1.95. The molecule has 0 aliphatic heterocycles. The van der Waals surface area contributed by atoms with Crippen LogP contribution in [-0.4, -0.2) is 24.7 Å². The summed E-state index contributed by atoms with van der Waals surface area (Å²) in [6.45, 7) is 5.87. The second-order valence-electron chi connectivity index (χ2n) is 3.96. The van der Waals surface area contributed by atoms with Crippen LogP contribution in [0.1, 0.15) is 19.4 Å². The van der Waals surface area contributed by atoms with Gasteiger partial charge in [-0.2, -0.15) is 14.6 Å². The summed E-state index contributed by atoms with van der Waals surface area (Å²) in [4.78, 5) is 18.4. The maximum atomic E-state index is 12.0. The van der Waals surface area contributed by atoms with Crippen LogP contribution in [0.2, 0.25) is 0 Å². The Bertz CT molecular complexity index is 789. The summed E-state index contributed by atoms with van der Waals surface area (Å²) in [6, 6.07) is 7.34.